The van der Waals surface area contributed by atoms with Crippen molar-refractivity contribution in [2.75, 3.05) is 44.2 Å². The summed E-state index contributed by atoms with van der Waals surface area (Å²) < 4.78 is 18.8. The van der Waals surface area contributed by atoms with Gasteiger partial charge in [-0.3, -0.25) is 4.90 Å². The van der Waals surface area contributed by atoms with E-state index in [0.29, 0.717) is 23.4 Å². The van der Waals surface area contributed by atoms with Gasteiger partial charge < -0.3 is 20.3 Å². The number of nitrogens with zero attached hydrogens (tertiary/aromatic N) is 2. The van der Waals surface area contributed by atoms with Crippen molar-refractivity contribution in [1.29, 1.82) is 0 Å². The fourth-order valence-electron chi connectivity index (χ4n) is 4.53. The molecule has 0 unspecified atom stereocenters. The summed E-state index contributed by atoms with van der Waals surface area (Å²) in [5.74, 6) is -0.874. The zero-order valence-corrected chi connectivity index (χ0v) is 19.9. The molecule has 2 amide bonds. The number of benzene rings is 2. The number of amides is 2. The number of esters is 1. The minimum atomic E-state index is -0.709. The second-order valence-electron chi connectivity index (χ2n) is 8.75. The predicted molar refractivity (Wildman–Crippen MR) is 129 cm³/mol. The minimum absolute atomic E-state index is 0.216. The number of hydrogen-bond donors (Lipinski definition) is 2. The van der Waals surface area contributed by atoms with E-state index in [1.165, 1.54) is 28.9 Å². The summed E-state index contributed by atoms with van der Waals surface area (Å²) in [4.78, 5) is 30.0. The molecular weight excluding hydrogens is 435 g/mol. The van der Waals surface area contributed by atoms with Crippen LogP contribution in [0, 0.1) is 19.7 Å². The smallest absolute Gasteiger partial charge is 0.338 e. The van der Waals surface area contributed by atoms with Gasteiger partial charge in [-0.2, -0.15) is 0 Å². The molecule has 2 aliphatic rings. The summed E-state index contributed by atoms with van der Waals surface area (Å²) in [6.45, 7) is 9.87. The van der Waals surface area contributed by atoms with E-state index in [2.05, 4.69) is 52.5 Å². The normalized spacial score (nSPS) is 19.0. The molecule has 2 aromatic rings. The zero-order chi connectivity index (χ0) is 24.2. The molecule has 8 heteroatoms. The number of ether oxygens (including phenoxy) is 1. The van der Waals surface area contributed by atoms with Crippen molar-refractivity contribution in [3.05, 3.63) is 76.2 Å². The molecule has 180 valence electrons. The standard InChI is InChI=1S/C26H31FN4O3/c1-4-34-25(32)23-21(28-26(33)29-24(23)19-7-9-20(27)10-8-19)16-30-11-13-31(14-12-30)22-15-17(2)5-6-18(22)3/h5-10,15,24H,4,11-14,16H2,1-3H3,(H2,28,29,33)/t24-/m1/s1. The van der Waals surface area contributed by atoms with Crippen molar-refractivity contribution in [3.63, 3.8) is 0 Å². The maximum absolute atomic E-state index is 13.5. The van der Waals surface area contributed by atoms with Gasteiger partial charge >= 0.3 is 12.0 Å². The number of anilines is 1. The summed E-state index contributed by atoms with van der Waals surface area (Å²) in [7, 11) is 0. The van der Waals surface area contributed by atoms with Gasteiger partial charge in [0.1, 0.15) is 5.82 Å². The van der Waals surface area contributed by atoms with Gasteiger partial charge in [0.25, 0.3) is 0 Å². The van der Waals surface area contributed by atoms with Gasteiger partial charge in [0.2, 0.25) is 0 Å². The summed E-state index contributed by atoms with van der Waals surface area (Å²) in [5.41, 5.74) is 5.23. The van der Waals surface area contributed by atoms with Crippen molar-refractivity contribution in [2.45, 2.75) is 26.8 Å². The molecule has 34 heavy (non-hydrogen) atoms. The van der Waals surface area contributed by atoms with Crippen LogP contribution in [0.15, 0.2) is 53.7 Å². The van der Waals surface area contributed by atoms with E-state index >= 15 is 0 Å². The lowest BCUT2D eigenvalue weighted by molar-refractivity contribution is -0.139. The van der Waals surface area contributed by atoms with Crippen LogP contribution in [0.5, 0.6) is 0 Å². The maximum Gasteiger partial charge on any atom is 0.338 e. The molecule has 7 nitrogen and oxygen atoms in total. The van der Waals surface area contributed by atoms with Crippen LogP contribution in [0.4, 0.5) is 14.9 Å². The highest BCUT2D eigenvalue weighted by molar-refractivity contribution is 5.95. The fourth-order valence-corrected chi connectivity index (χ4v) is 4.53. The van der Waals surface area contributed by atoms with E-state index in [4.69, 9.17) is 4.74 Å². The van der Waals surface area contributed by atoms with Crippen LogP contribution in [0.2, 0.25) is 0 Å². The number of rotatable bonds is 6. The predicted octanol–water partition coefficient (Wildman–Crippen LogP) is 3.44. The molecule has 2 N–H and O–H groups in total. The molecule has 2 aromatic carbocycles. The number of aryl methyl sites for hydroxylation is 2. The number of nitrogens with one attached hydrogen (secondary N) is 2. The van der Waals surface area contributed by atoms with E-state index < -0.39 is 18.0 Å². The molecule has 0 aromatic heterocycles. The van der Waals surface area contributed by atoms with Crippen molar-refractivity contribution in [1.82, 2.24) is 15.5 Å². The molecule has 1 atom stereocenters. The number of carbonyl (C=O) groups is 2. The first-order chi connectivity index (χ1) is 16.4. The first-order valence-electron chi connectivity index (χ1n) is 11.6. The first kappa shape index (κ1) is 23.8. The van der Waals surface area contributed by atoms with Crippen molar-refractivity contribution < 1.29 is 18.7 Å². The van der Waals surface area contributed by atoms with Crippen LogP contribution in [0.25, 0.3) is 0 Å². The quantitative estimate of drug-likeness (QED) is 0.638. The zero-order valence-electron chi connectivity index (χ0n) is 19.9. The van der Waals surface area contributed by atoms with Crippen molar-refractivity contribution >= 4 is 17.7 Å². The summed E-state index contributed by atoms with van der Waals surface area (Å²) in [6, 6.07) is 11.2. The van der Waals surface area contributed by atoms with Gasteiger partial charge in [0.15, 0.2) is 0 Å². The third-order valence-electron chi connectivity index (χ3n) is 6.31. The molecule has 0 saturated carbocycles. The Morgan fingerprint density at radius 1 is 1.09 bits per heavy atom. The van der Waals surface area contributed by atoms with E-state index in [-0.39, 0.29) is 12.4 Å². The first-order valence-corrected chi connectivity index (χ1v) is 11.6. The number of urea groups is 1. The molecular formula is C26H31FN4O3. The monoisotopic (exact) mass is 466 g/mol. The lowest BCUT2D eigenvalue weighted by Gasteiger charge is -2.38. The Balaban J connectivity index is 1.56. The van der Waals surface area contributed by atoms with Crippen LogP contribution in [-0.2, 0) is 9.53 Å². The lowest BCUT2D eigenvalue weighted by atomic mass is 9.95. The van der Waals surface area contributed by atoms with E-state index in [1.807, 2.05) is 0 Å². The van der Waals surface area contributed by atoms with Gasteiger partial charge in [-0.1, -0.05) is 24.3 Å². The third kappa shape index (κ3) is 5.22. The summed E-state index contributed by atoms with van der Waals surface area (Å²) in [6.07, 6.45) is 0. The minimum Gasteiger partial charge on any atom is -0.463 e. The summed E-state index contributed by atoms with van der Waals surface area (Å²) >= 11 is 0. The third-order valence-corrected chi connectivity index (χ3v) is 6.31. The Morgan fingerprint density at radius 2 is 1.79 bits per heavy atom. The number of halogens is 1. The van der Waals surface area contributed by atoms with Crippen molar-refractivity contribution in [2.24, 2.45) is 0 Å². The largest absolute Gasteiger partial charge is 0.463 e. The number of carbonyl (C=O) groups excluding carboxylic acids is 2. The van der Waals surface area contributed by atoms with Gasteiger partial charge in [0, 0.05) is 44.1 Å². The van der Waals surface area contributed by atoms with Gasteiger partial charge in [-0.15, -0.1) is 0 Å². The Labute approximate surface area is 199 Å². The average Bonchev–Trinajstić information content (AvgIpc) is 2.81. The molecule has 0 bridgehead atoms. The van der Waals surface area contributed by atoms with E-state index in [1.54, 1.807) is 19.1 Å². The highest BCUT2D eigenvalue weighted by atomic mass is 19.1. The Kier molecular flexibility index (Phi) is 7.17. The fraction of sp³-hybridized carbons (Fsp3) is 0.385. The van der Waals surface area contributed by atoms with Crippen LogP contribution in [0.3, 0.4) is 0 Å². The SMILES string of the molecule is CCOC(=O)C1=C(CN2CCN(c3cc(C)ccc3C)CC2)NC(=O)N[C@@H]1c1ccc(F)cc1. The average molecular weight is 467 g/mol. The molecule has 0 radical (unpaired) electrons. The van der Waals surface area contributed by atoms with Gasteiger partial charge in [-0.25, -0.2) is 14.0 Å². The van der Waals surface area contributed by atoms with Gasteiger partial charge in [0.05, 0.1) is 18.2 Å². The highest BCUT2D eigenvalue weighted by Gasteiger charge is 2.34. The topological polar surface area (TPSA) is 73.9 Å². The van der Waals surface area contributed by atoms with Gasteiger partial charge in [-0.05, 0) is 55.7 Å². The van der Waals surface area contributed by atoms with Crippen LogP contribution in [0.1, 0.15) is 29.7 Å². The Bertz CT molecular complexity index is 1090. The van der Waals surface area contributed by atoms with E-state index in [9.17, 15) is 14.0 Å². The number of piperazine rings is 1. The maximum atomic E-state index is 13.5. The van der Waals surface area contributed by atoms with Crippen LogP contribution < -0.4 is 15.5 Å². The molecule has 1 saturated heterocycles. The molecule has 2 aliphatic heterocycles. The summed E-state index contributed by atoms with van der Waals surface area (Å²) in [5, 5.41) is 5.61. The van der Waals surface area contributed by atoms with Crippen LogP contribution in [-0.4, -0.2) is 56.2 Å². The van der Waals surface area contributed by atoms with E-state index in [0.717, 1.165) is 26.2 Å². The highest BCUT2D eigenvalue weighted by Crippen LogP contribution is 2.29. The molecule has 1 fully saturated rings. The van der Waals surface area contributed by atoms with Crippen molar-refractivity contribution in [3.8, 4) is 0 Å². The molecule has 2 heterocycles. The van der Waals surface area contributed by atoms with Crippen LogP contribution >= 0.6 is 0 Å². The Hall–Kier alpha value is -3.39. The Morgan fingerprint density at radius 3 is 2.47 bits per heavy atom. The molecule has 4 rings (SSSR count). The molecule has 0 aliphatic carbocycles. The lowest BCUT2D eigenvalue weighted by Crippen LogP contribution is -2.52. The second-order valence-corrected chi connectivity index (χ2v) is 8.75. The molecule has 0 spiro atoms. The number of hydrogen-bond acceptors (Lipinski definition) is 5. The second kappa shape index (κ2) is 10.3.